The Kier molecular flexibility index (Phi) is 4.96. The van der Waals surface area contributed by atoms with Gasteiger partial charge in [-0.25, -0.2) is 4.79 Å². The number of nitrogens with one attached hydrogen (secondary N) is 2. The van der Waals surface area contributed by atoms with Gasteiger partial charge in [0.05, 0.1) is 28.1 Å². The van der Waals surface area contributed by atoms with E-state index in [2.05, 4.69) is 10.3 Å². The highest BCUT2D eigenvalue weighted by molar-refractivity contribution is 7.17. The summed E-state index contributed by atoms with van der Waals surface area (Å²) >= 11 is 1.57. The van der Waals surface area contributed by atoms with Gasteiger partial charge in [-0.3, -0.25) is 4.79 Å². The molecule has 124 valence electrons. The average Bonchev–Trinajstić information content (AvgIpc) is 3.17. The fraction of sp³-hybridized carbons (Fsp3) is 0.222. The Bertz CT molecular complexity index is 837. The van der Waals surface area contributed by atoms with Crippen molar-refractivity contribution >= 4 is 39.1 Å². The molecule has 0 aliphatic heterocycles. The van der Waals surface area contributed by atoms with Crippen LogP contribution in [0, 0.1) is 0 Å². The second-order valence-corrected chi connectivity index (χ2v) is 6.32. The van der Waals surface area contributed by atoms with Crippen molar-refractivity contribution in [3.8, 4) is 0 Å². The first-order chi connectivity index (χ1) is 11.7. The minimum absolute atomic E-state index is 0.285. The molecule has 0 saturated carbocycles. The summed E-state index contributed by atoms with van der Waals surface area (Å²) < 4.78 is 6.26. The fourth-order valence-electron chi connectivity index (χ4n) is 2.32. The molecule has 0 bridgehead atoms. The number of amides is 1. The van der Waals surface area contributed by atoms with Gasteiger partial charge in [-0.1, -0.05) is 25.5 Å². The molecular weight excluding hydrogens is 324 g/mol. The number of anilines is 1. The lowest BCUT2D eigenvalue weighted by Gasteiger charge is -2.10. The normalized spacial score (nSPS) is 10.7. The number of thiophene rings is 1. The molecule has 0 radical (unpaired) electrons. The number of aromatic nitrogens is 1. The van der Waals surface area contributed by atoms with Gasteiger partial charge in [-0.05, 0) is 36.1 Å². The van der Waals surface area contributed by atoms with Crippen molar-refractivity contribution in [2.24, 2.45) is 0 Å². The molecule has 24 heavy (non-hydrogen) atoms. The molecular formula is C18H18N2O3S. The Balaban J connectivity index is 1.75. The number of carbonyl (C=O) groups is 2. The lowest BCUT2D eigenvalue weighted by molar-refractivity contribution is 0.0501. The van der Waals surface area contributed by atoms with E-state index in [1.54, 1.807) is 41.7 Å². The van der Waals surface area contributed by atoms with Crippen molar-refractivity contribution < 1.29 is 14.3 Å². The zero-order chi connectivity index (χ0) is 16.9. The van der Waals surface area contributed by atoms with E-state index in [-0.39, 0.29) is 5.91 Å². The minimum atomic E-state index is -0.424. The molecule has 2 heterocycles. The molecule has 0 atom stereocenters. The quantitative estimate of drug-likeness (QED) is 0.514. The molecule has 1 amide bonds. The fourth-order valence-corrected chi connectivity index (χ4v) is 3.10. The van der Waals surface area contributed by atoms with E-state index in [9.17, 15) is 9.59 Å². The summed E-state index contributed by atoms with van der Waals surface area (Å²) in [6.45, 7) is 2.41. The van der Waals surface area contributed by atoms with Gasteiger partial charge < -0.3 is 15.0 Å². The van der Waals surface area contributed by atoms with Crippen LogP contribution in [0.2, 0.25) is 0 Å². The molecule has 2 N–H and O–H groups in total. The number of esters is 1. The zero-order valence-electron chi connectivity index (χ0n) is 13.3. The Morgan fingerprint density at radius 1 is 1.25 bits per heavy atom. The number of hydrogen-bond donors (Lipinski definition) is 2. The van der Waals surface area contributed by atoms with Crippen molar-refractivity contribution in [2.45, 2.75) is 19.8 Å². The van der Waals surface area contributed by atoms with Crippen LogP contribution in [0.4, 0.5) is 5.69 Å². The second-order valence-electron chi connectivity index (χ2n) is 5.37. The van der Waals surface area contributed by atoms with E-state index in [0.29, 0.717) is 23.6 Å². The molecule has 6 heteroatoms. The van der Waals surface area contributed by atoms with E-state index >= 15 is 0 Å². The molecule has 3 rings (SSSR count). The van der Waals surface area contributed by atoms with Crippen LogP contribution in [0.3, 0.4) is 0 Å². The lowest BCUT2D eigenvalue weighted by Crippen LogP contribution is -2.16. The molecule has 0 saturated heterocycles. The maximum absolute atomic E-state index is 12.4. The van der Waals surface area contributed by atoms with Gasteiger partial charge in [0.2, 0.25) is 0 Å². The summed E-state index contributed by atoms with van der Waals surface area (Å²) in [5.41, 5.74) is 2.20. The number of fused-ring (bicyclic) bond motifs is 1. The largest absolute Gasteiger partial charge is 0.462 e. The van der Waals surface area contributed by atoms with E-state index < -0.39 is 5.97 Å². The maximum atomic E-state index is 12.4. The van der Waals surface area contributed by atoms with Crippen LogP contribution in [0.25, 0.3) is 10.2 Å². The Morgan fingerprint density at radius 2 is 2.08 bits per heavy atom. The number of unbranched alkanes of at least 4 members (excludes halogenated alkanes) is 1. The highest BCUT2D eigenvalue weighted by atomic mass is 32.1. The molecule has 0 unspecified atom stereocenters. The third kappa shape index (κ3) is 3.49. The third-order valence-corrected chi connectivity index (χ3v) is 4.47. The van der Waals surface area contributed by atoms with Crippen molar-refractivity contribution in [1.29, 1.82) is 0 Å². The number of H-pyrrole nitrogens is 1. The van der Waals surface area contributed by atoms with Gasteiger partial charge in [0.25, 0.3) is 5.91 Å². The highest BCUT2D eigenvalue weighted by Crippen LogP contribution is 2.23. The van der Waals surface area contributed by atoms with E-state index in [4.69, 9.17) is 4.74 Å². The van der Waals surface area contributed by atoms with Gasteiger partial charge in [0.15, 0.2) is 0 Å². The van der Waals surface area contributed by atoms with Crippen molar-refractivity contribution in [3.05, 3.63) is 53.0 Å². The maximum Gasteiger partial charge on any atom is 0.340 e. The number of hydrogen-bond acceptors (Lipinski definition) is 4. The molecule has 1 aromatic carbocycles. The van der Waals surface area contributed by atoms with Crippen LogP contribution >= 0.6 is 11.3 Å². The molecule has 0 spiro atoms. The smallest absolute Gasteiger partial charge is 0.340 e. The van der Waals surface area contributed by atoms with Crippen molar-refractivity contribution in [2.75, 3.05) is 11.9 Å². The molecule has 3 aromatic rings. The monoisotopic (exact) mass is 342 g/mol. The zero-order valence-corrected chi connectivity index (χ0v) is 14.1. The number of carbonyl (C=O) groups excluding carboxylic acids is 2. The number of rotatable bonds is 6. The highest BCUT2D eigenvalue weighted by Gasteiger charge is 2.16. The number of aromatic amines is 1. The van der Waals surface area contributed by atoms with Crippen molar-refractivity contribution in [1.82, 2.24) is 4.98 Å². The van der Waals surface area contributed by atoms with Crippen LogP contribution in [0.1, 0.15) is 40.6 Å². The van der Waals surface area contributed by atoms with E-state index in [0.717, 1.165) is 23.1 Å². The second kappa shape index (κ2) is 7.31. The summed E-state index contributed by atoms with van der Waals surface area (Å²) in [7, 11) is 0. The Hall–Kier alpha value is -2.60. The van der Waals surface area contributed by atoms with Gasteiger partial charge in [0.1, 0.15) is 5.69 Å². The number of para-hydroxylation sites is 1. The average molecular weight is 342 g/mol. The van der Waals surface area contributed by atoms with Crippen LogP contribution in [0.5, 0.6) is 0 Å². The third-order valence-electron chi connectivity index (χ3n) is 3.61. The van der Waals surface area contributed by atoms with Gasteiger partial charge in [-0.2, -0.15) is 0 Å². The molecule has 5 nitrogen and oxygen atoms in total. The molecule has 0 fully saturated rings. The van der Waals surface area contributed by atoms with E-state index in [1.165, 1.54) is 0 Å². The van der Waals surface area contributed by atoms with Crippen LogP contribution in [0.15, 0.2) is 41.8 Å². The van der Waals surface area contributed by atoms with Crippen LogP contribution in [-0.4, -0.2) is 23.5 Å². The standard InChI is InChI=1S/C18H18N2O3S/c1-2-3-9-23-18(22)12-6-4-5-7-13(12)20-17(21)15-11-16-14(19-15)8-10-24-16/h4-8,10-11,19H,2-3,9H2,1H3,(H,20,21). The van der Waals surface area contributed by atoms with Crippen LogP contribution in [-0.2, 0) is 4.74 Å². The van der Waals surface area contributed by atoms with Gasteiger partial charge in [-0.15, -0.1) is 11.3 Å². The first-order valence-electron chi connectivity index (χ1n) is 7.82. The van der Waals surface area contributed by atoms with Crippen LogP contribution < -0.4 is 5.32 Å². The summed E-state index contributed by atoms with van der Waals surface area (Å²) in [4.78, 5) is 27.7. The predicted octanol–water partition coefficient (Wildman–Crippen LogP) is 4.44. The predicted molar refractivity (Wildman–Crippen MR) is 95.8 cm³/mol. The Labute approximate surface area is 143 Å². The molecule has 0 aliphatic rings. The van der Waals surface area contributed by atoms with Gasteiger partial charge in [0, 0.05) is 0 Å². The SMILES string of the molecule is CCCCOC(=O)c1ccccc1NC(=O)c1cc2sccc2[nH]1. The summed E-state index contributed by atoms with van der Waals surface area (Å²) in [5, 5.41) is 4.75. The first kappa shape index (κ1) is 16.3. The first-order valence-corrected chi connectivity index (χ1v) is 8.70. The summed E-state index contributed by atoms with van der Waals surface area (Å²) in [5.74, 6) is -0.709. The topological polar surface area (TPSA) is 71.2 Å². The number of benzene rings is 1. The number of ether oxygens (including phenoxy) is 1. The van der Waals surface area contributed by atoms with Gasteiger partial charge >= 0.3 is 5.97 Å². The van der Waals surface area contributed by atoms with Crippen molar-refractivity contribution in [3.63, 3.8) is 0 Å². The van der Waals surface area contributed by atoms with E-state index in [1.807, 2.05) is 18.4 Å². The summed E-state index contributed by atoms with van der Waals surface area (Å²) in [6, 6.07) is 10.6. The molecule has 2 aromatic heterocycles. The lowest BCUT2D eigenvalue weighted by atomic mass is 10.1. The molecule has 0 aliphatic carbocycles. The summed E-state index contributed by atoms with van der Waals surface area (Å²) in [6.07, 6.45) is 1.77. The Morgan fingerprint density at radius 3 is 2.88 bits per heavy atom. The minimum Gasteiger partial charge on any atom is -0.462 e.